The average Bonchev–Trinajstić information content (AvgIpc) is 3.04. The highest BCUT2D eigenvalue weighted by Crippen LogP contribution is 2.31. The smallest absolute Gasteiger partial charge is 0.403 e. The summed E-state index contributed by atoms with van der Waals surface area (Å²) in [6, 6.07) is 8.25. The normalized spacial score (nSPS) is 11.4. The predicted molar refractivity (Wildman–Crippen MR) is 89.2 cm³/mol. The number of aromatic nitrogens is 2. The summed E-state index contributed by atoms with van der Waals surface area (Å²) >= 11 is 11.9. The van der Waals surface area contributed by atoms with E-state index in [1.807, 2.05) is 0 Å². The molecule has 2 aromatic carbocycles. The lowest BCUT2D eigenvalue weighted by molar-refractivity contribution is -0.137. The zero-order valence-electron chi connectivity index (χ0n) is 12.6. The number of carbonyl (C=O) groups is 1. The third kappa shape index (κ3) is 3.97. The zero-order chi connectivity index (χ0) is 18.9. The third-order valence-corrected chi connectivity index (χ3v) is 3.82. The summed E-state index contributed by atoms with van der Waals surface area (Å²) in [5, 5.41) is 10.3. The van der Waals surface area contributed by atoms with Gasteiger partial charge in [-0.25, -0.2) is 0 Å². The molecule has 0 saturated heterocycles. The second-order valence-electron chi connectivity index (χ2n) is 5.07. The molecule has 1 aromatic heterocycles. The molecule has 0 atom stereocenters. The molecule has 3 aromatic rings. The Kier molecular flexibility index (Phi) is 4.88. The van der Waals surface area contributed by atoms with Crippen LogP contribution in [0.3, 0.4) is 0 Å². The van der Waals surface area contributed by atoms with E-state index in [2.05, 4.69) is 15.5 Å². The average molecular weight is 402 g/mol. The second kappa shape index (κ2) is 6.97. The Morgan fingerprint density at radius 2 is 1.85 bits per heavy atom. The van der Waals surface area contributed by atoms with Gasteiger partial charge in [0, 0.05) is 10.6 Å². The first-order valence-corrected chi connectivity index (χ1v) is 7.77. The third-order valence-electron chi connectivity index (χ3n) is 3.26. The number of benzene rings is 2. The highest BCUT2D eigenvalue weighted by molar-refractivity contribution is 6.35. The summed E-state index contributed by atoms with van der Waals surface area (Å²) in [5.41, 5.74) is -0.798. The summed E-state index contributed by atoms with van der Waals surface area (Å²) in [5.74, 6) is -0.833. The van der Waals surface area contributed by atoms with Gasteiger partial charge < -0.3 is 4.42 Å². The van der Waals surface area contributed by atoms with E-state index in [0.29, 0.717) is 15.6 Å². The van der Waals surface area contributed by atoms with Crippen LogP contribution in [0.15, 0.2) is 46.9 Å². The fraction of sp³-hybridized carbons (Fsp3) is 0.0625. The number of amides is 1. The van der Waals surface area contributed by atoms with Crippen molar-refractivity contribution in [3.63, 3.8) is 0 Å². The molecule has 0 spiro atoms. The first kappa shape index (κ1) is 18.2. The van der Waals surface area contributed by atoms with E-state index in [-0.39, 0.29) is 17.5 Å². The molecular formula is C16H8Cl2F3N3O2. The summed E-state index contributed by atoms with van der Waals surface area (Å²) in [7, 11) is 0. The number of halogens is 5. The number of anilines is 1. The monoisotopic (exact) mass is 401 g/mol. The lowest BCUT2D eigenvalue weighted by Gasteiger charge is -2.07. The van der Waals surface area contributed by atoms with Gasteiger partial charge >= 0.3 is 12.2 Å². The minimum atomic E-state index is -4.56. The van der Waals surface area contributed by atoms with Crippen molar-refractivity contribution >= 4 is 35.1 Å². The number of nitrogens with one attached hydrogen (secondary N) is 1. The lowest BCUT2D eigenvalue weighted by atomic mass is 10.1. The Bertz CT molecular complexity index is 973. The van der Waals surface area contributed by atoms with Gasteiger partial charge in [-0.3, -0.25) is 10.1 Å². The van der Waals surface area contributed by atoms with Gasteiger partial charge in [0.1, 0.15) is 0 Å². The first-order valence-electron chi connectivity index (χ1n) is 7.01. The summed E-state index contributed by atoms with van der Waals surface area (Å²) in [4.78, 5) is 12.1. The van der Waals surface area contributed by atoms with E-state index in [1.54, 1.807) is 6.07 Å². The molecule has 0 aliphatic carbocycles. The molecule has 10 heteroatoms. The van der Waals surface area contributed by atoms with Crippen LogP contribution in [-0.4, -0.2) is 16.1 Å². The molecule has 0 aliphatic heterocycles. The van der Waals surface area contributed by atoms with E-state index >= 15 is 0 Å². The SMILES string of the molecule is O=C(Nc1nnc(-c2cc(Cl)ccc2Cl)o1)c1cccc(C(F)(F)F)c1. The number of hydrogen-bond acceptors (Lipinski definition) is 4. The molecule has 1 N–H and O–H groups in total. The summed E-state index contributed by atoms with van der Waals surface area (Å²) in [6.45, 7) is 0. The minimum absolute atomic E-state index is 0.00292. The molecule has 134 valence electrons. The Morgan fingerprint density at radius 1 is 1.08 bits per heavy atom. The maximum Gasteiger partial charge on any atom is 0.416 e. The van der Waals surface area contributed by atoms with Gasteiger partial charge in [-0.15, -0.1) is 5.10 Å². The van der Waals surface area contributed by atoms with Crippen molar-refractivity contribution in [2.45, 2.75) is 6.18 Å². The molecule has 1 amide bonds. The van der Waals surface area contributed by atoms with Crippen molar-refractivity contribution in [3.05, 3.63) is 63.6 Å². The predicted octanol–water partition coefficient (Wildman–Crippen LogP) is 5.31. The molecule has 0 bridgehead atoms. The van der Waals surface area contributed by atoms with Crippen LogP contribution >= 0.6 is 23.2 Å². The van der Waals surface area contributed by atoms with Crippen molar-refractivity contribution in [2.75, 3.05) is 5.32 Å². The van der Waals surface area contributed by atoms with Crippen molar-refractivity contribution in [2.24, 2.45) is 0 Å². The van der Waals surface area contributed by atoms with Crippen LogP contribution in [0.25, 0.3) is 11.5 Å². The Hall–Kier alpha value is -2.58. The van der Waals surface area contributed by atoms with Gasteiger partial charge in [-0.1, -0.05) is 34.4 Å². The van der Waals surface area contributed by atoms with Crippen LogP contribution in [-0.2, 0) is 6.18 Å². The maximum atomic E-state index is 12.7. The number of carbonyl (C=O) groups excluding carboxylic acids is 1. The molecule has 0 aliphatic rings. The standard InChI is InChI=1S/C16H8Cl2F3N3O2/c17-10-4-5-12(18)11(7-10)14-23-24-15(26-14)22-13(25)8-2-1-3-9(6-8)16(19,20)21/h1-7H,(H,22,24,25). The van der Waals surface area contributed by atoms with E-state index in [1.165, 1.54) is 18.2 Å². The van der Waals surface area contributed by atoms with Gasteiger partial charge in [0.05, 0.1) is 16.1 Å². The fourth-order valence-corrected chi connectivity index (χ4v) is 2.42. The summed E-state index contributed by atoms with van der Waals surface area (Å²) in [6.07, 6.45) is -4.56. The van der Waals surface area contributed by atoms with E-state index in [4.69, 9.17) is 27.6 Å². The molecule has 0 radical (unpaired) electrons. The Balaban J connectivity index is 1.81. The van der Waals surface area contributed by atoms with Gasteiger partial charge in [0.15, 0.2) is 0 Å². The van der Waals surface area contributed by atoms with Crippen LogP contribution in [0.5, 0.6) is 0 Å². The first-order chi connectivity index (χ1) is 12.2. The highest BCUT2D eigenvalue weighted by Gasteiger charge is 2.31. The molecule has 1 heterocycles. The van der Waals surface area contributed by atoms with Crippen LogP contribution in [0.1, 0.15) is 15.9 Å². The second-order valence-corrected chi connectivity index (χ2v) is 5.91. The Morgan fingerprint density at radius 3 is 2.58 bits per heavy atom. The largest absolute Gasteiger partial charge is 0.416 e. The quantitative estimate of drug-likeness (QED) is 0.645. The van der Waals surface area contributed by atoms with Crippen LogP contribution < -0.4 is 5.32 Å². The van der Waals surface area contributed by atoms with Gasteiger partial charge in [-0.05, 0) is 36.4 Å². The van der Waals surface area contributed by atoms with E-state index < -0.39 is 17.6 Å². The van der Waals surface area contributed by atoms with Crippen molar-refractivity contribution in [3.8, 4) is 11.5 Å². The van der Waals surface area contributed by atoms with Crippen LogP contribution in [0.2, 0.25) is 10.0 Å². The zero-order valence-corrected chi connectivity index (χ0v) is 14.2. The van der Waals surface area contributed by atoms with Gasteiger partial charge in [0.25, 0.3) is 11.8 Å². The van der Waals surface area contributed by atoms with E-state index in [9.17, 15) is 18.0 Å². The molecular weight excluding hydrogens is 394 g/mol. The molecule has 0 saturated carbocycles. The van der Waals surface area contributed by atoms with Crippen molar-refractivity contribution < 1.29 is 22.4 Å². The number of hydrogen-bond donors (Lipinski definition) is 1. The topological polar surface area (TPSA) is 68.0 Å². The van der Waals surface area contributed by atoms with Crippen molar-refractivity contribution in [1.82, 2.24) is 10.2 Å². The number of alkyl halides is 3. The molecule has 5 nitrogen and oxygen atoms in total. The van der Waals surface area contributed by atoms with Gasteiger partial charge in [-0.2, -0.15) is 13.2 Å². The molecule has 0 unspecified atom stereocenters. The Labute approximate surface area is 154 Å². The molecule has 3 rings (SSSR count). The number of nitrogens with zero attached hydrogens (tertiary/aromatic N) is 2. The van der Waals surface area contributed by atoms with Crippen LogP contribution in [0.4, 0.5) is 19.2 Å². The highest BCUT2D eigenvalue weighted by atomic mass is 35.5. The summed E-state index contributed by atoms with van der Waals surface area (Å²) < 4.78 is 43.4. The van der Waals surface area contributed by atoms with Gasteiger partial charge in [0.2, 0.25) is 0 Å². The maximum absolute atomic E-state index is 12.7. The van der Waals surface area contributed by atoms with Crippen molar-refractivity contribution in [1.29, 1.82) is 0 Å². The lowest BCUT2D eigenvalue weighted by Crippen LogP contribution is -2.14. The molecule has 26 heavy (non-hydrogen) atoms. The van der Waals surface area contributed by atoms with Crippen LogP contribution in [0, 0.1) is 0 Å². The fourth-order valence-electron chi connectivity index (χ4n) is 2.05. The van der Waals surface area contributed by atoms with E-state index in [0.717, 1.165) is 18.2 Å². The minimum Gasteiger partial charge on any atom is -0.403 e. The molecule has 0 fully saturated rings. The number of rotatable bonds is 3.